The van der Waals surface area contributed by atoms with Gasteiger partial charge in [0.25, 0.3) is 0 Å². The second-order valence-electron chi connectivity index (χ2n) is 8.06. The monoisotopic (exact) mass is 426 g/mol. The first kappa shape index (κ1) is 20.2. The van der Waals surface area contributed by atoms with E-state index in [0.717, 1.165) is 35.3 Å². The Hall–Kier alpha value is -3.68. The van der Waals surface area contributed by atoms with Crippen molar-refractivity contribution in [3.63, 3.8) is 0 Å². The van der Waals surface area contributed by atoms with Crippen LogP contribution in [0.4, 0.5) is 0 Å². The first-order valence-electron chi connectivity index (χ1n) is 10.7. The van der Waals surface area contributed by atoms with Crippen LogP contribution >= 0.6 is 0 Å². The highest BCUT2D eigenvalue weighted by molar-refractivity contribution is 6.06. The van der Waals surface area contributed by atoms with Gasteiger partial charge in [-0.05, 0) is 42.3 Å². The van der Waals surface area contributed by atoms with Crippen molar-refractivity contribution in [2.75, 3.05) is 0 Å². The molecule has 0 saturated heterocycles. The lowest BCUT2D eigenvalue weighted by Crippen LogP contribution is -2.55. The lowest BCUT2D eigenvalue weighted by Gasteiger charge is -2.37. The maximum atomic E-state index is 12.0. The minimum absolute atomic E-state index is 0.0539. The normalized spacial score (nSPS) is 20.2. The summed E-state index contributed by atoms with van der Waals surface area (Å²) in [7, 11) is 0. The van der Waals surface area contributed by atoms with Crippen molar-refractivity contribution in [3.05, 3.63) is 95.0 Å². The van der Waals surface area contributed by atoms with Gasteiger partial charge in [0.2, 0.25) is 5.91 Å². The number of nitrogens with zero attached hydrogens (tertiary/aromatic N) is 2. The van der Waals surface area contributed by atoms with Crippen LogP contribution < -0.4 is 21.7 Å². The van der Waals surface area contributed by atoms with E-state index in [4.69, 9.17) is 5.73 Å². The van der Waals surface area contributed by atoms with Crippen molar-refractivity contribution >= 4 is 23.0 Å². The molecule has 2 aliphatic heterocycles. The van der Waals surface area contributed by atoms with E-state index in [-0.39, 0.29) is 12.5 Å². The Morgan fingerprint density at radius 2 is 2.06 bits per heavy atom. The maximum Gasteiger partial charge on any atom is 0.249 e. The summed E-state index contributed by atoms with van der Waals surface area (Å²) < 4.78 is 2.17. The van der Waals surface area contributed by atoms with Crippen LogP contribution in [0.2, 0.25) is 0 Å². The van der Waals surface area contributed by atoms with E-state index in [2.05, 4.69) is 37.6 Å². The number of hydrogen-bond acceptors (Lipinski definition) is 5. The summed E-state index contributed by atoms with van der Waals surface area (Å²) in [6.45, 7) is 2.77. The van der Waals surface area contributed by atoms with Gasteiger partial charge in [-0.3, -0.25) is 20.4 Å². The number of carbonyl (C=O) groups excluding carboxylic acids is 1. The van der Waals surface area contributed by atoms with E-state index in [0.29, 0.717) is 5.56 Å². The van der Waals surface area contributed by atoms with Crippen LogP contribution in [0, 0.1) is 6.92 Å². The smallest absolute Gasteiger partial charge is 0.249 e. The Kier molecular flexibility index (Phi) is 5.34. The number of aliphatic imine (C=N–C) groups is 1. The number of aryl methyl sites for hydroxylation is 1. The molecule has 0 fully saturated rings. The van der Waals surface area contributed by atoms with Gasteiger partial charge in [-0.1, -0.05) is 36.4 Å². The molecule has 5 rings (SSSR count). The molecule has 3 aromatic rings. The standard InChI is InChI=1S/C25H26N6O/c1-16-14-20-18(23(26)32)8-5-9-22(20)31(16)25-29-21-11-13-27-12-10-19(21)24(30-25)28-15-17-6-3-2-4-7-17/h2-9,11-14,24-25,28-30H,10,15H2,1H3,(H2,26,32). The number of nitrogens with one attached hydrogen (secondary N) is 3. The largest absolute Gasteiger partial charge is 0.366 e. The maximum absolute atomic E-state index is 12.0. The summed E-state index contributed by atoms with van der Waals surface area (Å²) in [6.07, 6.45) is 6.23. The van der Waals surface area contributed by atoms with Crippen molar-refractivity contribution in [2.45, 2.75) is 32.3 Å². The number of aromatic nitrogens is 1. The van der Waals surface area contributed by atoms with Gasteiger partial charge in [-0.15, -0.1) is 0 Å². The molecule has 0 radical (unpaired) electrons. The van der Waals surface area contributed by atoms with Gasteiger partial charge in [-0.2, -0.15) is 0 Å². The molecular formula is C25H26N6O. The Morgan fingerprint density at radius 3 is 2.88 bits per heavy atom. The molecule has 2 aromatic carbocycles. The highest BCUT2D eigenvalue weighted by Gasteiger charge is 2.29. The molecule has 0 saturated carbocycles. The molecule has 0 bridgehead atoms. The molecule has 32 heavy (non-hydrogen) atoms. The molecular weight excluding hydrogens is 400 g/mol. The molecule has 7 nitrogen and oxygen atoms in total. The fraction of sp³-hybridized carbons (Fsp3) is 0.200. The molecule has 3 heterocycles. The second kappa shape index (κ2) is 8.45. The van der Waals surface area contributed by atoms with Gasteiger partial charge in [0.1, 0.15) is 0 Å². The van der Waals surface area contributed by atoms with Crippen LogP contribution in [0.15, 0.2) is 83.1 Å². The highest BCUT2D eigenvalue weighted by Crippen LogP contribution is 2.29. The Balaban J connectivity index is 1.52. The van der Waals surface area contributed by atoms with Crippen molar-refractivity contribution in [1.29, 1.82) is 0 Å². The number of rotatable bonds is 5. The van der Waals surface area contributed by atoms with E-state index >= 15 is 0 Å². The fourth-order valence-electron chi connectivity index (χ4n) is 4.49. The lowest BCUT2D eigenvalue weighted by molar-refractivity contribution is 0.100. The van der Waals surface area contributed by atoms with Crippen LogP contribution in [0.25, 0.3) is 10.9 Å². The molecule has 2 unspecified atom stereocenters. The Labute approximate surface area is 186 Å². The van der Waals surface area contributed by atoms with Gasteiger partial charge in [0.15, 0.2) is 6.29 Å². The van der Waals surface area contributed by atoms with Gasteiger partial charge in [0.05, 0.1) is 11.7 Å². The zero-order valence-corrected chi connectivity index (χ0v) is 17.9. The molecule has 162 valence electrons. The predicted molar refractivity (Wildman–Crippen MR) is 127 cm³/mol. The Bertz CT molecular complexity index is 1250. The number of carbonyl (C=O) groups is 1. The highest BCUT2D eigenvalue weighted by atomic mass is 16.1. The zero-order chi connectivity index (χ0) is 22.1. The molecule has 0 aliphatic carbocycles. The van der Waals surface area contributed by atoms with E-state index in [1.165, 1.54) is 11.1 Å². The van der Waals surface area contributed by atoms with E-state index in [1.54, 1.807) is 6.07 Å². The average molecular weight is 427 g/mol. The SMILES string of the molecule is Cc1cc2c(C(N)=O)cccc2n1C1NC2=C(CC=NC=C2)C(NCc2ccccc2)N1. The fourth-order valence-corrected chi connectivity index (χ4v) is 4.49. The second-order valence-corrected chi connectivity index (χ2v) is 8.06. The minimum atomic E-state index is -0.423. The quantitative estimate of drug-likeness (QED) is 0.504. The molecule has 2 aliphatic rings. The molecule has 1 aromatic heterocycles. The van der Waals surface area contributed by atoms with E-state index < -0.39 is 5.91 Å². The molecule has 7 heteroatoms. The molecule has 0 spiro atoms. The number of allylic oxidation sites excluding steroid dienone is 1. The Morgan fingerprint density at radius 1 is 1.22 bits per heavy atom. The third-order valence-electron chi connectivity index (χ3n) is 6.01. The van der Waals surface area contributed by atoms with E-state index in [9.17, 15) is 4.79 Å². The number of hydrogen-bond donors (Lipinski definition) is 4. The topological polar surface area (TPSA) is 96.5 Å². The lowest BCUT2D eigenvalue weighted by atomic mass is 10.0. The van der Waals surface area contributed by atoms with E-state index in [1.807, 2.05) is 61.8 Å². The van der Waals surface area contributed by atoms with Gasteiger partial charge < -0.3 is 15.6 Å². The summed E-state index contributed by atoms with van der Waals surface area (Å²) >= 11 is 0. The number of fused-ring (bicyclic) bond motifs is 1. The van der Waals surface area contributed by atoms with Crippen molar-refractivity contribution in [3.8, 4) is 0 Å². The number of amides is 1. The molecule has 1 amide bonds. The zero-order valence-electron chi connectivity index (χ0n) is 17.9. The first-order valence-corrected chi connectivity index (χ1v) is 10.7. The van der Waals surface area contributed by atoms with Crippen molar-refractivity contribution in [1.82, 2.24) is 20.5 Å². The van der Waals surface area contributed by atoms with Crippen LogP contribution in [-0.2, 0) is 6.54 Å². The van der Waals surface area contributed by atoms with Gasteiger partial charge in [0, 0.05) is 47.7 Å². The molecule has 2 atom stereocenters. The molecule has 5 N–H and O–H groups in total. The van der Waals surface area contributed by atoms with Gasteiger partial charge in [-0.25, -0.2) is 0 Å². The third-order valence-corrected chi connectivity index (χ3v) is 6.01. The van der Waals surface area contributed by atoms with Gasteiger partial charge >= 0.3 is 0 Å². The first-order chi connectivity index (χ1) is 15.6. The summed E-state index contributed by atoms with van der Waals surface area (Å²) in [4.78, 5) is 16.3. The summed E-state index contributed by atoms with van der Waals surface area (Å²) in [5, 5.41) is 11.8. The summed E-state index contributed by atoms with van der Waals surface area (Å²) in [5.74, 6) is -0.423. The van der Waals surface area contributed by atoms with Crippen LogP contribution in [0.5, 0.6) is 0 Å². The van der Waals surface area contributed by atoms with Crippen LogP contribution in [-0.4, -0.2) is 22.9 Å². The van der Waals surface area contributed by atoms with Crippen molar-refractivity contribution in [2.24, 2.45) is 10.7 Å². The summed E-state index contributed by atoms with van der Waals surface area (Å²) in [5.41, 5.74) is 11.6. The third kappa shape index (κ3) is 3.72. The van der Waals surface area contributed by atoms with Crippen molar-refractivity contribution < 1.29 is 4.79 Å². The number of benzene rings is 2. The average Bonchev–Trinajstić information content (AvgIpc) is 2.96. The van der Waals surface area contributed by atoms with Crippen LogP contribution in [0.3, 0.4) is 0 Å². The predicted octanol–water partition coefficient (Wildman–Crippen LogP) is 3.06. The summed E-state index contributed by atoms with van der Waals surface area (Å²) in [6, 6.07) is 18.0. The minimum Gasteiger partial charge on any atom is -0.366 e. The number of primary amides is 1. The van der Waals surface area contributed by atoms with Crippen LogP contribution in [0.1, 0.15) is 34.3 Å². The number of nitrogens with two attached hydrogens (primary N) is 1.